The zero-order chi connectivity index (χ0) is 17.9. The highest BCUT2D eigenvalue weighted by Crippen LogP contribution is 2.30. The number of likely N-dealkylation sites (tertiary alicyclic amines) is 1. The van der Waals surface area contributed by atoms with Gasteiger partial charge in [0.05, 0.1) is 5.56 Å². The minimum Gasteiger partial charge on any atom is -0.342 e. The van der Waals surface area contributed by atoms with Crippen LogP contribution in [0.1, 0.15) is 50.8 Å². The molecule has 24 heavy (non-hydrogen) atoms. The summed E-state index contributed by atoms with van der Waals surface area (Å²) in [4.78, 5) is 13.7. The van der Waals surface area contributed by atoms with Crippen LogP contribution in [0.25, 0.3) is 0 Å². The van der Waals surface area contributed by atoms with E-state index in [0.717, 1.165) is 37.2 Å². The molecule has 3 nitrogen and oxygen atoms in total. The van der Waals surface area contributed by atoms with Crippen molar-refractivity contribution >= 4 is 5.91 Å². The van der Waals surface area contributed by atoms with Gasteiger partial charge >= 0.3 is 6.18 Å². The van der Waals surface area contributed by atoms with Crippen molar-refractivity contribution in [3.05, 3.63) is 35.4 Å². The van der Waals surface area contributed by atoms with Crippen LogP contribution in [0.3, 0.4) is 0 Å². The van der Waals surface area contributed by atoms with E-state index < -0.39 is 11.7 Å². The van der Waals surface area contributed by atoms with Crippen molar-refractivity contribution in [2.45, 2.75) is 51.9 Å². The molecule has 1 aliphatic rings. The lowest BCUT2D eigenvalue weighted by atomic mass is 9.92. The third-order valence-corrected chi connectivity index (χ3v) is 4.76. The Labute approximate surface area is 141 Å². The number of hydrogen-bond donors (Lipinski definition) is 1. The molecule has 6 heteroatoms. The predicted octanol–water partition coefficient (Wildman–Crippen LogP) is 4.00. The average Bonchev–Trinajstić information content (AvgIpc) is 2.55. The van der Waals surface area contributed by atoms with Gasteiger partial charge in [-0.25, -0.2) is 0 Å². The van der Waals surface area contributed by atoms with Crippen LogP contribution < -0.4 is 5.32 Å². The maximum absolute atomic E-state index is 12.6. The van der Waals surface area contributed by atoms with E-state index in [0.29, 0.717) is 12.3 Å². The highest BCUT2D eigenvalue weighted by molar-refractivity contribution is 5.75. The Balaban J connectivity index is 1.95. The van der Waals surface area contributed by atoms with E-state index in [2.05, 4.69) is 12.2 Å². The Morgan fingerprint density at radius 3 is 2.46 bits per heavy atom. The summed E-state index contributed by atoms with van der Waals surface area (Å²) >= 11 is 0. The highest BCUT2D eigenvalue weighted by Gasteiger charge is 2.31. The summed E-state index contributed by atoms with van der Waals surface area (Å²) in [5.41, 5.74) is 0.209. The topological polar surface area (TPSA) is 32.3 Å². The molecule has 1 saturated heterocycles. The summed E-state index contributed by atoms with van der Waals surface area (Å²) in [6, 6.07) is 5.53. The first kappa shape index (κ1) is 18.8. The number of benzene rings is 1. The van der Waals surface area contributed by atoms with Crippen molar-refractivity contribution in [3.8, 4) is 0 Å². The molecule has 1 aromatic carbocycles. The second kappa shape index (κ2) is 7.55. The number of carbonyl (C=O) groups is 1. The van der Waals surface area contributed by atoms with E-state index in [9.17, 15) is 18.0 Å². The van der Waals surface area contributed by atoms with Gasteiger partial charge in [-0.05, 0) is 37.0 Å². The predicted molar refractivity (Wildman–Crippen MR) is 87.4 cm³/mol. The van der Waals surface area contributed by atoms with Gasteiger partial charge in [-0.3, -0.25) is 4.79 Å². The van der Waals surface area contributed by atoms with Crippen molar-refractivity contribution < 1.29 is 18.0 Å². The molecule has 0 saturated carbocycles. The molecule has 1 amide bonds. The Morgan fingerprint density at radius 2 is 1.96 bits per heavy atom. The number of carbonyl (C=O) groups excluding carboxylic acids is 1. The molecular weight excluding hydrogens is 317 g/mol. The number of amides is 1. The van der Waals surface area contributed by atoms with Crippen LogP contribution in [0.5, 0.6) is 0 Å². The minimum absolute atomic E-state index is 0.0341. The van der Waals surface area contributed by atoms with Gasteiger partial charge in [-0.2, -0.15) is 13.2 Å². The molecule has 0 spiro atoms. The van der Waals surface area contributed by atoms with Crippen molar-refractivity contribution in [1.82, 2.24) is 10.2 Å². The molecule has 3 unspecified atom stereocenters. The molecule has 0 aromatic heterocycles. The summed E-state index contributed by atoms with van der Waals surface area (Å²) in [5.74, 6) is 0.488. The molecule has 1 aliphatic heterocycles. The van der Waals surface area contributed by atoms with Gasteiger partial charge in [0.1, 0.15) is 0 Å². The largest absolute Gasteiger partial charge is 0.416 e. The van der Waals surface area contributed by atoms with Crippen molar-refractivity contribution in [2.75, 3.05) is 13.1 Å². The van der Waals surface area contributed by atoms with Crippen LogP contribution in [0.2, 0.25) is 0 Å². The van der Waals surface area contributed by atoms with E-state index in [4.69, 9.17) is 0 Å². The molecule has 0 aliphatic carbocycles. The number of nitrogens with one attached hydrogen (secondary N) is 1. The Hall–Kier alpha value is -1.56. The monoisotopic (exact) mass is 342 g/mol. The molecule has 1 heterocycles. The van der Waals surface area contributed by atoms with Gasteiger partial charge in [0.2, 0.25) is 5.91 Å². The van der Waals surface area contributed by atoms with Crippen molar-refractivity contribution in [3.63, 3.8) is 0 Å². The van der Waals surface area contributed by atoms with Crippen LogP contribution in [-0.4, -0.2) is 29.9 Å². The normalized spacial score (nSPS) is 23.2. The summed E-state index contributed by atoms with van der Waals surface area (Å²) < 4.78 is 37.9. The van der Waals surface area contributed by atoms with Crippen LogP contribution in [0.4, 0.5) is 13.2 Å². The highest BCUT2D eigenvalue weighted by atomic mass is 19.4. The van der Waals surface area contributed by atoms with Crippen LogP contribution >= 0.6 is 0 Å². The van der Waals surface area contributed by atoms with Gasteiger partial charge < -0.3 is 10.2 Å². The SMILES string of the molecule is CCC(=O)N1CCC(NC(C)c2ccc(C(F)(F)F)cc2)C(C)C1. The van der Waals surface area contributed by atoms with E-state index >= 15 is 0 Å². The quantitative estimate of drug-likeness (QED) is 0.897. The first-order valence-electron chi connectivity index (χ1n) is 8.43. The first-order valence-corrected chi connectivity index (χ1v) is 8.43. The molecule has 134 valence electrons. The van der Waals surface area contributed by atoms with Crippen LogP contribution in [0.15, 0.2) is 24.3 Å². The Kier molecular flexibility index (Phi) is 5.91. The maximum atomic E-state index is 12.6. The third kappa shape index (κ3) is 4.50. The molecular formula is C18H25F3N2O. The fraction of sp³-hybridized carbons (Fsp3) is 0.611. The minimum atomic E-state index is -4.30. The second-order valence-electron chi connectivity index (χ2n) is 6.57. The number of alkyl halides is 3. The standard InChI is InChI=1S/C18H25F3N2O/c1-4-17(24)23-10-9-16(12(2)11-23)22-13(3)14-5-7-15(8-6-14)18(19,20)21/h5-8,12-13,16,22H,4,9-11H2,1-3H3. The average molecular weight is 342 g/mol. The second-order valence-corrected chi connectivity index (χ2v) is 6.57. The van der Waals surface area contributed by atoms with E-state index in [1.807, 2.05) is 18.7 Å². The molecule has 0 radical (unpaired) electrons. The van der Waals surface area contributed by atoms with Crippen LogP contribution in [0, 0.1) is 5.92 Å². The summed E-state index contributed by atoms with van der Waals surface area (Å²) in [7, 11) is 0. The first-order chi connectivity index (χ1) is 11.2. The molecule has 1 fully saturated rings. The number of piperidine rings is 1. The lowest BCUT2D eigenvalue weighted by Crippen LogP contribution is -2.50. The van der Waals surface area contributed by atoms with Crippen LogP contribution in [-0.2, 0) is 11.0 Å². The van der Waals surface area contributed by atoms with Crippen molar-refractivity contribution in [1.29, 1.82) is 0 Å². The Morgan fingerprint density at radius 1 is 1.33 bits per heavy atom. The third-order valence-electron chi connectivity index (χ3n) is 4.76. The zero-order valence-corrected chi connectivity index (χ0v) is 14.4. The smallest absolute Gasteiger partial charge is 0.342 e. The lowest BCUT2D eigenvalue weighted by Gasteiger charge is -2.38. The van der Waals surface area contributed by atoms with Crippen molar-refractivity contribution in [2.24, 2.45) is 5.92 Å². The van der Waals surface area contributed by atoms with Gasteiger partial charge in [0.15, 0.2) is 0 Å². The number of rotatable bonds is 4. The summed E-state index contributed by atoms with van der Waals surface area (Å²) in [5, 5.41) is 3.50. The number of nitrogens with zero attached hydrogens (tertiary/aromatic N) is 1. The molecule has 1 aromatic rings. The zero-order valence-electron chi connectivity index (χ0n) is 14.4. The van der Waals surface area contributed by atoms with Gasteiger partial charge in [0.25, 0.3) is 0 Å². The molecule has 3 atom stereocenters. The lowest BCUT2D eigenvalue weighted by molar-refractivity contribution is -0.137. The summed E-state index contributed by atoms with van der Waals surface area (Å²) in [6.45, 7) is 7.38. The van der Waals surface area contributed by atoms with Gasteiger partial charge in [-0.1, -0.05) is 26.0 Å². The molecule has 1 N–H and O–H groups in total. The number of hydrogen-bond acceptors (Lipinski definition) is 2. The van der Waals surface area contributed by atoms with Gasteiger partial charge in [-0.15, -0.1) is 0 Å². The Bertz CT molecular complexity index is 556. The summed E-state index contributed by atoms with van der Waals surface area (Å²) in [6.07, 6.45) is -2.92. The van der Waals surface area contributed by atoms with Gasteiger partial charge in [0, 0.05) is 31.6 Å². The number of halogens is 3. The van der Waals surface area contributed by atoms with E-state index in [-0.39, 0.29) is 18.0 Å². The van der Waals surface area contributed by atoms with E-state index in [1.165, 1.54) is 12.1 Å². The molecule has 0 bridgehead atoms. The maximum Gasteiger partial charge on any atom is 0.416 e. The fourth-order valence-corrected chi connectivity index (χ4v) is 3.22. The fourth-order valence-electron chi connectivity index (χ4n) is 3.22. The molecule has 2 rings (SSSR count). The van der Waals surface area contributed by atoms with E-state index in [1.54, 1.807) is 0 Å².